The third-order valence-corrected chi connectivity index (χ3v) is 4.83. The number of carbonyl (C=O) groups is 1. The summed E-state index contributed by atoms with van der Waals surface area (Å²) in [5, 5.41) is 8.35. The number of aryl methyl sites for hydroxylation is 1. The zero-order valence-corrected chi connectivity index (χ0v) is 15.6. The van der Waals surface area contributed by atoms with Crippen LogP contribution in [0.4, 0.5) is 5.69 Å². The van der Waals surface area contributed by atoms with Crippen molar-refractivity contribution in [1.82, 2.24) is 0 Å². The fraction of sp³-hybridized carbons (Fsp3) is 0.235. The van der Waals surface area contributed by atoms with Crippen molar-refractivity contribution >= 4 is 33.2 Å². The maximum Gasteiger partial charge on any atom is 0.265 e. The summed E-state index contributed by atoms with van der Waals surface area (Å²) in [5.74, 6) is 0.0374. The van der Waals surface area contributed by atoms with Crippen LogP contribution in [0, 0.1) is 13.8 Å². The van der Waals surface area contributed by atoms with E-state index in [-0.39, 0.29) is 4.90 Å². The van der Waals surface area contributed by atoms with Crippen LogP contribution in [-0.2, 0) is 14.8 Å². The van der Waals surface area contributed by atoms with E-state index >= 15 is 0 Å². The molecule has 1 unspecified atom stereocenters. The lowest BCUT2D eigenvalue weighted by Gasteiger charge is -2.17. The summed E-state index contributed by atoms with van der Waals surface area (Å²) in [6.45, 7) is 5.11. The fourth-order valence-corrected chi connectivity index (χ4v) is 2.96. The van der Waals surface area contributed by atoms with Crippen molar-refractivity contribution in [2.75, 3.05) is 5.32 Å². The molecule has 2 aromatic carbocycles. The van der Waals surface area contributed by atoms with Gasteiger partial charge < -0.3 is 10.1 Å². The molecule has 0 aromatic heterocycles. The van der Waals surface area contributed by atoms with Crippen molar-refractivity contribution in [3.63, 3.8) is 0 Å². The molecule has 0 heterocycles. The van der Waals surface area contributed by atoms with Crippen molar-refractivity contribution in [1.29, 1.82) is 0 Å². The number of carbonyl (C=O) groups excluding carboxylic acids is 1. The van der Waals surface area contributed by atoms with Gasteiger partial charge in [-0.1, -0.05) is 17.7 Å². The van der Waals surface area contributed by atoms with Crippen molar-refractivity contribution < 1.29 is 17.9 Å². The van der Waals surface area contributed by atoms with Gasteiger partial charge in [0.1, 0.15) is 5.75 Å². The molecule has 0 bridgehead atoms. The SMILES string of the molecule is Cc1cc(S(N)(=O)=O)cc(NC(=O)C(C)Oc2cccc(Cl)c2)c1C. The van der Waals surface area contributed by atoms with Gasteiger partial charge in [-0.05, 0) is 62.2 Å². The monoisotopic (exact) mass is 382 g/mol. The van der Waals surface area contributed by atoms with Gasteiger partial charge in [0.2, 0.25) is 10.0 Å². The Morgan fingerprint density at radius 3 is 2.52 bits per heavy atom. The maximum absolute atomic E-state index is 12.4. The summed E-state index contributed by atoms with van der Waals surface area (Å²) >= 11 is 5.89. The molecule has 25 heavy (non-hydrogen) atoms. The Balaban J connectivity index is 2.21. The number of halogens is 1. The minimum Gasteiger partial charge on any atom is -0.481 e. The molecule has 6 nitrogen and oxygen atoms in total. The predicted octanol–water partition coefficient (Wildman–Crippen LogP) is 3.01. The van der Waals surface area contributed by atoms with Gasteiger partial charge in [-0.25, -0.2) is 13.6 Å². The number of hydrogen-bond acceptors (Lipinski definition) is 4. The molecule has 0 fully saturated rings. The van der Waals surface area contributed by atoms with Gasteiger partial charge in [-0.3, -0.25) is 4.79 Å². The molecule has 0 saturated carbocycles. The van der Waals surface area contributed by atoms with Crippen LogP contribution >= 0.6 is 11.6 Å². The molecule has 1 atom stereocenters. The predicted molar refractivity (Wildman–Crippen MR) is 97.5 cm³/mol. The van der Waals surface area contributed by atoms with Crippen LogP contribution in [0.5, 0.6) is 5.75 Å². The van der Waals surface area contributed by atoms with E-state index in [9.17, 15) is 13.2 Å². The second-order valence-corrected chi connectivity index (χ2v) is 7.66. The molecule has 2 aromatic rings. The van der Waals surface area contributed by atoms with Gasteiger partial charge in [-0.2, -0.15) is 0 Å². The minimum atomic E-state index is -3.87. The lowest BCUT2D eigenvalue weighted by atomic mass is 10.1. The van der Waals surface area contributed by atoms with E-state index in [1.807, 2.05) is 0 Å². The topological polar surface area (TPSA) is 98.5 Å². The molecule has 1 amide bonds. The van der Waals surface area contributed by atoms with Gasteiger partial charge in [0.15, 0.2) is 6.10 Å². The second-order valence-electron chi connectivity index (χ2n) is 5.66. The average molecular weight is 383 g/mol. The summed E-state index contributed by atoms with van der Waals surface area (Å²) in [7, 11) is -3.87. The van der Waals surface area contributed by atoms with Crippen molar-refractivity contribution in [2.24, 2.45) is 5.14 Å². The van der Waals surface area contributed by atoms with Crippen LogP contribution in [0.1, 0.15) is 18.1 Å². The first kappa shape index (κ1) is 19.2. The summed E-state index contributed by atoms with van der Waals surface area (Å²) in [4.78, 5) is 12.3. The van der Waals surface area contributed by atoms with Crippen LogP contribution in [0.3, 0.4) is 0 Å². The van der Waals surface area contributed by atoms with E-state index in [0.717, 1.165) is 5.56 Å². The van der Waals surface area contributed by atoms with Crippen molar-refractivity contribution in [2.45, 2.75) is 31.8 Å². The molecule has 3 N–H and O–H groups in total. The summed E-state index contributed by atoms with van der Waals surface area (Å²) in [5.41, 5.74) is 1.82. The third kappa shape index (κ3) is 4.94. The first-order chi connectivity index (χ1) is 11.6. The average Bonchev–Trinajstić information content (AvgIpc) is 2.50. The Morgan fingerprint density at radius 1 is 1.24 bits per heavy atom. The van der Waals surface area contributed by atoms with E-state index in [4.69, 9.17) is 21.5 Å². The molecular formula is C17H19ClN2O4S. The molecule has 0 spiro atoms. The number of primary sulfonamides is 1. The smallest absolute Gasteiger partial charge is 0.265 e. The highest BCUT2D eigenvalue weighted by Crippen LogP contribution is 2.24. The largest absolute Gasteiger partial charge is 0.481 e. The second kappa shape index (κ2) is 7.43. The van der Waals surface area contributed by atoms with Gasteiger partial charge >= 0.3 is 0 Å². The molecule has 0 radical (unpaired) electrons. The molecule has 2 rings (SSSR count). The van der Waals surface area contributed by atoms with Crippen LogP contribution < -0.4 is 15.2 Å². The Hall–Kier alpha value is -2.09. The standard InChI is InChI=1S/C17H19ClN2O4S/c1-10-7-15(25(19,22)23)9-16(11(10)2)20-17(21)12(3)24-14-6-4-5-13(18)8-14/h4-9,12H,1-3H3,(H,20,21)(H2,19,22,23). The van der Waals surface area contributed by atoms with E-state index in [1.54, 1.807) is 45.0 Å². The van der Waals surface area contributed by atoms with Crippen LogP contribution in [0.2, 0.25) is 5.02 Å². The summed E-state index contributed by atoms with van der Waals surface area (Å²) < 4.78 is 28.7. The van der Waals surface area contributed by atoms with E-state index in [0.29, 0.717) is 22.0 Å². The molecule has 0 aliphatic rings. The van der Waals surface area contributed by atoms with Gasteiger partial charge in [0.05, 0.1) is 4.90 Å². The number of sulfonamides is 1. The zero-order chi connectivity index (χ0) is 18.8. The number of benzene rings is 2. The van der Waals surface area contributed by atoms with E-state index in [1.165, 1.54) is 12.1 Å². The minimum absolute atomic E-state index is 0.0608. The third-order valence-electron chi connectivity index (χ3n) is 3.71. The molecule has 8 heteroatoms. The number of rotatable bonds is 5. The number of ether oxygens (including phenoxy) is 1. The quantitative estimate of drug-likeness (QED) is 0.830. The first-order valence-electron chi connectivity index (χ1n) is 7.45. The summed E-state index contributed by atoms with van der Waals surface area (Å²) in [6, 6.07) is 9.50. The fourth-order valence-electron chi connectivity index (χ4n) is 2.15. The van der Waals surface area contributed by atoms with Crippen LogP contribution in [0.25, 0.3) is 0 Å². The highest BCUT2D eigenvalue weighted by Gasteiger charge is 2.18. The number of nitrogens with one attached hydrogen (secondary N) is 1. The van der Waals surface area contributed by atoms with Gasteiger partial charge in [-0.15, -0.1) is 0 Å². The van der Waals surface area contributed by atoms with Gasteiger partial charge in [0.25, 0.3) is 5.91 Å². The van der Waals surface area contributed by atoms with Crippen molar-refractivity contribution in [3.05, 3.63) is 52.5 Å². The summed E-state index contributed by atoms with van der Waals surface area (Å²) in [6.07, 6.45) is -0.809. The molecule has 0 aliphatic carbocycles. The molecule has 0 saturated heterocycles. The zero-order valence-electron chi connectivity index (χ0n) is 14.0. The van der Waals surface area contributed by atoms with E-state index < -0.39 is 22.0 Å². The highest BCUT2D eigenvalue weighted by molar-refractivity contribution is 7.89. The normalized spacial score (nSPS) is 12.5. The number of amides is 1. The first-order valence-corrected chi connectivity index (χ1v) is 9.37. The van der Waals surface area contributed by atoms with Crippen molar-refractivity contribution in [3.8, 4) is 5.75 Å². The van der Waals surface area contributed by atoms with E-state index in [2.05, 4.69) is 5.32 Å². The Labute approximate surface area is 152 Å². The van der Waals surface area contributed by atoms with Crippen LogP contribution in [0.15, 0.2) is 41.3 Å². The number of hydrogen-bond donors (Lipinski definition) is 2. The van der Waals surface area contributed by atoms with Gasteiger partial charge in [0, 0.05) is 10.7 Å². The Bertz CT molecular complexity index is 913. The maximum atomic E-state index is 12.4. The highest BCUT2D eigenvalue weighted by atomic mass is 35.5. The molecular weight excluding hydrogens is 364 g/mol. The lowest BCUT2D eigenvalue weighted by molar-refractivity contribution is -0.122. The van der Waals surface area contributed by atoms with Crippen LogP contribution in [-0.4, -0.2) is 20.4 Å². The Morgan fingerprint density at radius 2 is 1.92 bits per heavy atom. The number of anilines is 1. The molecule has 134 valence electrons. The Kier molecular flexibility index (Phi) is 5.72. The lowest BCUT2D eigenvalue weighted by Crippen LogP contribution is -2.30. The molecule has 0 aliphatic heterocycles. The number of nitrogens with two attached hydrogens (primary N) is 1.